The molecule has 8 heterocycles. The third kappa shape index (κ3) is 41.1. The highest BCUT2D eigenvalue weighted by atomic mass is 28.7. The fraction of sp³-hybridized carbons (Fsp3) is 1.00. The van der Waals surface area contributed by atoms with Crippen LogP contribution in [0.1, 0.15) is 0 Å². The molecule has 0 aliphatic carbocycles. The molecule has 10 bridgehead atoms. The van der Waals surface area contributed by atoms with E-state index in [1.807, 2.05) is 275 Å². The molecule has 8 aliphatic heterocycles. The second-order valence-corrected chi connectivity index (χ2v) is 163. The van der Waals surface area contributed by atoms with Crippen molar-refractivity contribution in [3.05, 3.63) is 0 Å². The monoisotopic (exact) mass is 2340 g/mol. The summed E-state index contributed by atoms with van der Waals surface area (Å²) in [5, 5.41) is 0. The van der Waals surface area contributed by atoms with E-state index < -0.39 is 300 Å². The van der Waals surface area contributed by atoms with E-state index in [4.69, 9.17) is 161 Å². The Kier molecular flexibility index (Phi) is 38.1. The summed E-state index contributed by atoms with van der Waals surface area (Å²) < 4.78 is 276. The molecule has 728 valence electrons. The lowest BCUT2D eigenvalue weighted by atomic mass is 11.7. The molecule has 0 radical (unpaired) electrons. The van der Waals surface area contributed by atoms with Crippen LogP contribution in [-0.4, -0.2) is 311 Å². The van der Waals surface area contributed by atoms with Gasteiger partial charge in [0.05, 0.1) is 6.23 Å². The van der Waals surface area contributed by atoms with Crippen molar-refractivity contribution in [2.45, 2.75) is 314 Å². The molecule has 0 amide bonds. The van der Waals surface area contributed by atoms with Crippen molar-refractivity contribution < 1.29 is 166 Å². The highest BCUT2D eigenvalue weighted by molar-refractivity contribution is 7.03. The first-order chi connectivity index (χ1) is 53.9. The minimum atomic E-state index is -5.24. The van der Waals surface area contributed by atoms with E-state index in [1.54, 1.807) is 0 Å². The zero-order valence-corrected chi connectivity index (χ0v) is 119. The van der Waals surface area contributed by atoms with E-state index in [0.29, 0.717) is 0 Å². The largest absolute Gasteiger partial charge is 0.654 e. The molecular weight excluding hydrogens is 2180 g/mol. The molecule has 123 heavy (non-hydrogen) atoms. The zero-order chi connectivity index (χ0) is 95.2. The molecule has 8 fully saturated rings. The maximum Gasteiger partial charge on any atom is 0.654 e. The second-order valence-electron chi connectivity index (χ2n) is 45.8. The smallest absolute Gasteiger partial charge is 0.441 e. The van der Waals surface area contributed by atoms with Gasteiger partial charge in [-0.1, -0.05) is 0 Å². The Morgan fingerprint density at radius 1 is 0.220 bits per heavy atom. The summed E-state index contributed by atoms with van der Waals surface area (Å²) in [4.78, 5) is 13.3. The van der Waals surface area contributed by atoms with Gasteiger partial charge in [-0.15, -0.1) is 0 Å². The SMILES string of the molecule is C[Si](C)(C)OC[SiH]1O[Si]2(O[Si](C)(C)C)O[Si](O[SiH2]O[Si](C)(C)C)(O[Si](C)(C)C)O[Si](O)(O[Si](C)(C)C)O[Si]3(O[Si](C)(C)C)O[SiH2]O[Si](O[Si](C)(C)C)(O2)O[Si](O[Si](C)(C)C)(O1)O3.C[Si](C)(C)O[SiH2]O[Si]1(O[Si](C)(C)C)O[Si]2(O[Si](C)(C)C)O[Si]3(O[Si](C)(C)C)O[SiH2]O[Si]4(O[Si](C)(C)C)O[Si](O[Si](C)(C)C)(O1)O[Si](O[Si](C)(C)C)(O2)O[Si](O[Si](C)(C)C)(O3)O4. The zero-order valence-electron chi connectivity index (χ0n) is 83.0. The van der Waals surface area contributed by atoms with E-state index >= 15 is 0 Å². The minimum Gasteiger partial charge on any atom is -0.441 e. The first-order valence-electron chi connectivity index (χ1n) is 41.4. The molecular formula is C49H156O40Si34. The molecule has 0 spiro atoms. The van der Waals surface area contributed by atoms with Gasteiger partial charge < -0.3 is 166 Å². The quantitative estimate of drug-likeness (QED) is 0.0565. The molecule has 8 aliphatic rings. The summed E-state index contributed by atoms with van der Waals surface area (Å²) >= 11 is 0. The average Bonchev–Trinajstić information content (AvgIpc) is 0.696. The molecule has 1 N–H and O–H groups in total. The second kappa shape index (κ2) is 39.9. The van der Waals surface area contributed by atoms with E-state index in [0.717, 1.165) is 0 Å². The molecule has 40 nitrogen and oxygen atoms in total. The predicted octanol–water partition coefficient (Wildman–Crippen LogP) is 9.48. The summed E-state index contributed by atoms with van der Waals surface area (Å²) in [5.41, 5.74) is 0. The molecule has 8 rings (SSSR count). The van der Waals surface area contributed by atoms with Crippen LogP contribution in [0.25, 0.3) is 0 Å². The maximum atomic E-state index is 13.3. The van der Waals surface area contributed by atoms with Crippen molar-refractivity contribution in [1.82, 2.24) is 0 Å². The van der Waals surface area contributed by atoms with Gasteiger partial charge in [0, 0.05) is 0 Å². The van der Waals surface area contributed by atoms with Gasteiger partial charge in [0.15, 0.2) is 133 Å². The van der Waals surface area contributed by atoms with Crippen molar-refractivity contribution in [3.8, 4) is 0 Å². The molecule has 74 heteroatoms. The highest BCUT2D eigenvalue weighted by Crippen LogP contribution is 2.51. The fourth-order valence-corrected chi connectivity index (χ4v) is 129. The van der Waals surface area contributed by atoms with Gasteiger partial charge in [0.1, 0.15) is 0 Å². The lowest BCUT2D eigenvalue weighted by Crippen LogP contribution is -2.88. The summed E-state index contributed by atoms with van der Waals surface area (Å²) in [6.45, 7) is 94.8. The van der Waals surface area contributed by atoms with Crippen LogP contribution in [0.15, 0.2) is 0 Å². The van der Waals surface area contributed by atoms with Gasteiger partial charge in [0.2, 0.25) is 0 Å². The van der Waals surface area contributed by atoms with Gasteiger partial charge >= 0.3 is 127 Å². The number of fused-ring (bicyclic) bond motifs is 12. The number of hydrogen-bond donors (Lipinski definition) is 1. The van der Waals surface area contributed by atoms with E-state index in [2.05, 4.69) is 39.3 Å². The Hall–Kier alpha value is 5.77. The highest BCUT2D eigenvalue weighted by Gasteiger charge is 2.88. The van der Waals surface area contributed by atoms with Gasteiger partial charge in [-0.25, -0.2) is 0 Å². The van der Waals surface area contributed by atoms with Crippen LogP contribution in [0.4, 0.5) is 0 Å². The normalized spacial score (nSPS) is 35.7. The van der Waals surface area contributed by atoms with Crippen LogP contribution in [0, 0.1) is 0 Å². The third-order valence-electron chi connectivity index (χ3n) is 13.0. The van der Waals surface area contributed by atoms with Gasteiger partial charge in [-0.05, 0) is 314 Å². The molecule has 0 aromatic rings. The van der Waals surface area contributed by atoms with Crippen molar-refractivity contribution in [2.24, 2.45) is 0 Å². The van der Waals surface area contributed by atoms with Crippen molar-refractivity contribution in [2.75, 3.05) is 6.23 Å². The van der Waals surface area contributed by atoms with Crippen LogP contribution in [-0.2, 0) is 161 Å². The van der Waals surface area contributed by atoms with Gasteiger partial charge in [-0.3, -0.25) is 0 Å². The first-order valence-corrected chi connectivity index (χ1v) is 124. The van der Waals surface area contributed by atoms with Crippen molar-refractivity contribution >= 4 is 300 Å². The predicted molar refractivity (Wildman–Crippen MR) is 539 cm³/mol. The summed E-state index contributed by atoms with van der Waals surface area (Å²) in [5.74, 6) is 0. The van der Waals surface area contributed by atoms with Gasteiger partial charge in [0.25, 0.3) is 40.0 Å². The standard InChI is InChI=1S/C25H80O20Si17.C24H76O20Si17/c1-49(2,3)27-25-48-32-61(38-55(19,20)21)42-58(35-52(10,11)12,29-46-28-50(4,5)6)40-57(26,34-51(7,8)9)41-59(36-53(13,14)15)30-47-31-60(44-61,37-54(16,17)18)45-62(33-48,43-59)39-56(22,23)24;1-47(2,3)25-45-26-55(29-48(4,5)6)36-58(32-51(13,14)15)38-56(30-49(7,8)9)27-46-28-57(31-50(10,11)12)39-59(37-55,33-52(16,17)18)43-61(42-58,35-54(22,23)24)44-60(40-56,41-57)34-53(19,20)21/h26,48H,25,46-47H2,1-24H3;45-46H2,1-24H3. The first kappa shape index (κ1) is 117. The van der Waals surface area contributed by atoms with Crippen LogP contribution >= 0.6 is 0 Å². The summed E-state index contributed by atoms with van der Waals surface area (Å²) in [7, 11) is -119. The van der Waals surface area contributed by atoms with Crippen LogP contribution in [0.3, 0.4) is 0 Å². The molecule has 11 unspecified atom stereocenters. The van der Waals surface area contributed by atoms with Crippen LogP contribution < -0.4 is 0 Å². The van der Waals surface area contributed by atoms with E-state index in [1.165, 1.54) is 0 Å². The number of rotatable bonds is 37. The topological polar surface area (TPSA) is 380 Å². The summed E-state index contributed by atoms with van der Waals surface area (Å²) in [6, 6.07) is 0. The van der Waals surface area contributed by atoms with Crippen LogP contribution in [0.5, 0.6) is 0 Å². The van der Waals surface area contributed by atoms with Crippen LogP contribution in [0.2, 0.25) is 314 Å². The lowest BCUT2D eigenvalue weighted by molar-refractivity contribution is -0.0967. The Morgan fingerprint density at radius 3 is 0.659 bits per heavy atom. The lowest BCUT2D eigenvalue weighted by Gasteiger charge is -2.57. The summed E-state index contributed by atoms with van der Waals surface area (Å²) in [6.07, 6.45) is -0.0248. The maximum absolute atomic E-state index is 13.3. The third-order valence-corrected chi connectivity index (χ3v) is 113. The molecule has 0 aromatic heterocycles. The molecule has 11 atom stereocenters. The Morgan fingerprint density at radius 2 is 0.415 bits per heavy atom. The Labute approximate surface area is 778 Å². The average molecular weight is 2340 g/mol. The van der Waals surface area contributed by atoms with Crippen molar-refractivity contribution in [3.63, 3.8) is 0 Å². The Balaban J connectivity index is 0.000000381. The number of hydrogen-bond acceptors (Lipinski definition) is 40. The minimum absolute atomic E-state index is 0.0248. The van der Waals surface area contributed by atoms with Crippen molar-refractivity contribution in [1.29, 1.82) is 0 Å². The molecule has 0 saturated carbocycles. The van der Waals surface area contributed by atoms with E-state index in [9.17, 15) is 4.80 Å². The van der Waals surface area contributed by atoms with Gasteiger partial charge in [-0.2, -0.15) is 0 Å². The Bertz CT molecular complexity index is 3410. The molecule has 0 aromatic carbocycles. The fourth-order valence-electron chi connectivity index (χ4n) is 10.6. The molecule has 8 saturated heterocycles. The van der Waals surface area contributed by atoms with E-state index in [-0.39, 0.29) is 6.23 Å².